The van der Waals surface area contributed by atoms with Gasteiger partial charge < -0.3 is 5.32 Å². The Morgan fingerprint density at radius 1 is 1.20 bits per heavy atom. The van der Waals surface area contributed by atoms with Crippen molar-refractivity contribution in [3.63, 3.8) is 0 Å². The van der Waals surface area contributed by atoms with Gasteiger partial charge in [0, 0.05) is 10.7 Å². The van der Waals surface area contributed by atoms with Crippen molar-refractivity contribution in [2.45, 2.75) is 13.0 Å². The molecule has 0 radical (unpaired) electrons. The number of carbonyl (C=O) groups excluding carboxylic acids is 1. The molecule has 0 heterocycles. The van der Waals surface area contributed by atoms with Crippen LogP contribution in [0.15, 0.2) is 42.5 Å². The van der Waals surface area contributed by atoms with Crippen LogP contribution in [0, 0.1) is 5.82 Å². The predicted molar refractivity (Wildman–Crippen MR) is 98.3 cm³/mol. The van der Waals surface area contributed by atoms with Crippen LogP contribution in [-0.4, -0.2) is 26.6 Å². The Labute approximate surface area is 155 Å². The fourth-order valence-electron chi connectivity index (χ4n) is 2.24. The first-order valence-corrected chi connectivity index (χ1v) is 9.71. The zero-order chi connectivity index (χ0) is 18.8. The first-order chi connectivity index (χ1) is 11.6. The van der Waals surface area contributed by atoms with Gasteiger partial charge in [0.2, 0.25) is 15.9 Å². The van der Waals surface area contributed by atoms with Crippen LogP contribution in [0.2, 0.25) is 10.0 Å². The molecule has 0 bridgehead atoms. The van der Waals surface area contributed by atoms with Crippen molar-refractivity contribution in [3.05, 3.63) is 58.3 Å². The van der Waals surface area contributed by atoms with Gasteiger partial charge in [0.15, 0.2) is 0 Å². The molecule has 5 nitrogen and oxygen atoms in total. The smallest absolute Gasteiger partial charge is 0.247 e. The lowest BCUT2D eigenvalue weighted by Crippen LogP contribution is -2.45. The quantitative estimate of drug-likeness (QED) is 0.820. The minimum absolute atomic E-state index is 0.153. The first-order valence-electron chi connectivity index (χ1n) is 7.10. The number of sulfonamides is 1. The molecule has 9 heteroatoms. The largest absolute Gasteiger partial charge is 0.324 e. The number of rotatable bonds is 5. The van der Waals surface area contributed by atoms with E-state index in [1.165, 1.54) is 31.2 Å². The molecule has 134 valence electrons. The summed E-state index contributed by atoms with van der Waals surface area (Å²) in [4.78, 5) is 12.5. The topological polar surface area (TPSA) is 66.5 Å². The van der Waals surface area contributed by atoms with E-state index in [0.29, 0.717) is 5.02 Å². The zero-order valence-electron chi connectivity index (χ0n) is 13.3. The third-order valence-electron chi connectivity index (χ3n) is 3.34. The van der Waals surface area contributed by atoms with Crippen molar-refractivity contribution in [1.29, 1.82) is 0 Å². The number of benzene rings is 2. The second-order valence-electron chi connectivity index (χ2n) is 5.33. The highest BCUT2D eigenvalue weighted by Gasteiger charge is 2.29. The summed E-state index contributed by atoms with van der Waals surface area (Å²) >= 11 is 11.6. The number of halogens is 3. The summed E-state index contributed by atoms with van der Waals surface area (Å²) in [6.07, 6.45) is 0.993. The van der Waals surface area contributed by atoms with Gasteiger partial charge in [0.05, 0.1) is 17.0 Å². The maximum Gasteiger partial charge on any atom is 0.247 e. The van der Waals surface area contributed by atoms with Crippen LogP contribution < -0.4 is 9.62 Å². The highest BCUT2D eigenvalue weighted by Crippen LogP contribution is 2.25. The molecular weight excluding hydrogens is 390 g/mol. The Kier molecular flexibility index (Phi) is 5.92. The summed E-state index contributed by atoms with van der Waals surface area (Å²) < 4.78 is 38.5. The van der Waals surface area contributed by atoms with E-state index in [2.05, 4.69) is 5.32 Å². The molecule has 0 fully saturated rings. The summed E-state index contributed by atoms with van der Waals surface area (Å²) in [6, 6.07) is 8.76. The first kappa shape index (κ1) is 19.5. The Morgan fingerprint density at radius 2 is 1.88 bits per heavy atom. The van der Waals surface area contributed by atoms with E-state index >= 15 is 0 Å². The van der Waals surface area contributed by atoms with Crippen LogP contribution >= 0.6 is 23.2 Å². The molecule has 0 aliphatic heterocycles. The Balaban J connectivity index is 2.31. The molecular formula is C16H15Cl2FN2O3S. The van der Waals surface area contributed by atoms with E-state index < -0.39 is 27.8 Å². The number of nitrogens with one attached hydrogen (secondary N) is 1. The van der Waals surface area contributed by atoms with Crippen molar-refractivity contribution in [3.8, 4) is 0 Å². The van der Waals surface area contributed by atoms with E-state index in [1.807, 2.05) is 0 Å². The predicted octanol–water partition coefficient (Wildman–Crippen LogP) is 3.93. The average molecular weight is 405 g/mol. The second kappa shape index (κ2) is 7.59. The number of nitrogens with zero attached hydrogens (tertiary/aromatic N) is 1. The molecule has 1 N–H and O–H groups in total. The molecule has 0 aliphatic carbocycles. The van der Waals surface area contributed by atoms with Crippen LogP contribution in [0.3, 0.4) is 0 Å². The van der Waals surface area contributed by atoms with E-state index in [0.717, 1.165) is 16.6 Å². The molecule has 25 heavy (non-hydrogen) atoms. The van der Waals surface area contributed by atoms with Gasteiger partial charge in [0.25, 0.3) is 0 Å². The molecule has 1 amide bonds. The van der Waals surface area contributed by atoms with Gasteiger partial charge in [0.1, 0.15) is 11.9 Å². The zero-order valence-corrected chi connectivity index (χ0v) is 15.7. The molecule has 0 unspecified atom stereocenters. The van der Waals surface area contributed by atoms with E-state index in [4.69, 9.17) is 23.2 Å². The Morgan fingerprint density at radius 3 is 2.44 bits per heavy atom. The normalized spacial score (nSPS) is 12.5. The average Bonchev–Trinajstić information content (AvgIpc) is 2.49. The van der Waals surface area contributed by atoms with Gasteiger partial charge in [-0.1, -0.05) is 29.3 Å². The van der Waals surface area contributed by atoms with Crippen molar-refractivity contribution in [1.82, 2.24) is 0 Å². The fraction of sp³-hybridized carbons (Fsp3) is 0.188. The van der Waals surface area contributed by atoms with Crippen LogP contribution in [0.5, 0.6) is 0 Å². The van der Waals surface area contributed by atoms with Gasteiger partial charge in [-0.05, 0) is 43.3 Å². The summed E-state index contributed by atoms with van der Waals surface area (Å²) in [5.74, 6) is -1.22. The van der Waals surface area contributed by atoms with Gasteiger partial charge in [-0.15, -0.1) is 0 Å². The summed E-state index contributed by atoms with van der Waals surface area (Å²) in [5, 5.41) is 2.70. The molecule has 0 spiro atoms. The third kappa shape index (κ3) is 4.84. The number of carbonyl (C=O) groups is 1. The van der Waals surface area contributed by atoms with Gasteiger partial charge in [-0.25, -0.2) is 12.8 Å². The van der Waals surface area contributed by atoms with E-state index in [-0.39, 0.29) is 16.4 Å². The maximum atomic E-state index is 13.2. The van der Waals surface area contributed by atoms with Crippen LogP contribution in [0.25, 0.3) is 0 Å². The van der Waals surface area contributed by atoms with Crippen LogP contribution in [0.4, 0.5) is 15.8 Å². The van der Waals surface area contributed by atoms with Gasteiger partial charge in [-0.3, -0.25) is 9.10 Å². The SMILES string of the molecule is C[C@H](C(=O)Nc1ccc(F)c(Cl)c1)N(c1cccc(Cl)c1)S(C)(=O)=O. The van der Waals surface area contributed by atoms with Crippen molar-refractivity contribution in [2.24, 2.45) is 0 Å². The molecule has 1 atom stereocenters. The van der Waals surface area contributed by atoms with Crippen LogP contribution in [0.1, 0.15) is 6.92 Å². The van der Waals surface area contributed by atoms with Crippen molar-refractivity contribution < 1.29 is 17.6 Å². The summed E-state index contributed by atoms with van der Waals surface area (Å²) in [6.45, 7) is 1.43. The standard InChI is InChI=1S/C16H15Cl2FN2O3S/c1-10(16(22)20-12-6-7-15(19)14(18)9-12)21(25(2,23)24)13-5-3-4-11(17)8-13/h3-10H,1-2H3,(H,20,22)/t10-/m1/s1. The second-order valence-corrected chi connectivity index (χ2v) is 8.04. The number of amides is 1. The van der Waals surface area contributed by atoms with E-state index in [1.54, 1.807) is 12.1 Å². The number of hydrogen-bond donors (Lipinski definition) is 1. The molecule has 2 rings (SSSR count). The lowest BCUT2D eigenvalue weighted by Gasteiger charge is -2.28. The van der Waals surface area contributed by atoms with Crippen LogP contribution in [-0.2, 0) is 14.8 Å². The fourth-order valence-corrected chi connectivity index (χ4v) is 3.77. The molecule has 2 aromatic rings. The molecule has 0 saturated carbocycles. The monoisotopic (exact) mass is 404 g/mol. The Bertz CT molecular complexity index is 906. The number of anilines is 2. The molecule has 0 aliphatic rings. The summed E-state index contributed by atoms with van der Waals surface area (Å²) in [7, 11) is -3.76. The van der Waals surface area contributed by atoms with Gasteiger partial charge in [-0.2, -0.15) is 0 Å². The lowest BCUT2D eigenvalue weighted by molar-refractivity contribution is -0.116. The maximum absolute atomic E-state index is 13.2. The van der Waals surface area contributed by atoms with Crippen molar-refractivity contribution >= 4 is 50.5 Å². The Hall–Kier alpha value is -1.83. The highest BCUT2D eigenvalue weighted by molar-refractivity contribution is 7.92. The van der Waals surface area contributed by atoms with Gasteiger partial charge >= 0.3 is 0 Å². The lowest BCUT2D eigenvalue weighted by atomic mass is 10.2. The minimum Gasteiger partial charge on any atom is -0.324 e. The van der Waals surface area contributed by atoms with Crippen molar-refractivity contribution in [2.75, 3.05) is 15.9 Å². The van der Waals surface area contributed by atoms with E-state index in [9.17, 15) is 17.6 Å². The molecule has 0 saturated heterocycles. The summed E-state index contributed by atoms with van der Waals surface area (Å²) in [5.41, 5.74) is 0.512. The molecule has 2 aromatic carbocycles. The minimum atomic E-state index is -3.76. The molecule has 0 aromatic heterocycles. The highest BCUT2D eigenvalue weighted by atomic mass is 35.5. The third-order valence-corrected chi connectivity index (χ3v) is 5.10. The number of hydrogen-bond acceptors (Lipinski definition) is 3.